The minimum atomic E-state index is 0.401. The van der Waals surface area contributed by atoms with Gasteiger partial charge >= 0.3 is 0 Å². The first-order valence-corrected chi connectivity index (χ1v) is 6.48. The van der Waals surface area contributed by atoms with E-state index in [9.17, 15) is 5.11 Å². The number of aromatic hydroxyl groups is 1. The molecule has 0 fully saturated rings. The maximum atomic E-state index is 9.84. The summed E-state index contributed by atoms with van der Waals surface area (Å²) in [4.78, 5) is 0. The Morgan fingerprint density at radius 3 is 2.94 bits per heavy atom. The van der Waals surface area contributed by atoms with Gasteiger partial charge in [-0.1, -0.05) is 19.9 Å². The van der Waals surface area contributed by atoms with E-state index in [0.717, 1.165) is 18.4 Å². The van der Waals surface area contributed by atoms with Crippen LogP contribution in [0.15, 0.2) is 23.6 Å². The third-order valence-corrected chi connectivity index (χ3v) is 3.60. The van der Waals surface area contributed by atoms with Crippen molar-refractivity contribution >= 4 is 21.4 Å². The van der Waals surface area contributed by atoms with Crippen molar-refractivity contribution in [3.05, 3.63) is 29.1 Å². The van der Waals surface area contributed by atoms with Crippen LogP contribution in [0.5, 0.6) is 5.75 Å². The van der Waals surface area contributed by atoms with Gasteiger partial charge in [-0.25, -0.2) is 0 Å². The monoisotopic (exact) mass is 235 g/mol. The summed E-state index contributed by atoms with van der Waals surface area (Å²) in [6.07, 6.45) is 0.968. The van der Waals surface area contributed by atoms with Crippen LogP contribution in [0.1, 0.15) is 19.4 Å². The second-order valence-corrected chi connectivity index (χ2v) is 5.18. The molecule has 0 amide bonds. The third-order valence-electron chi connectivity index (χ3n) is 2.60. The van der Waals surface area contributed by atoms with Crippen LogP contribution >= 0.6 is 11.3 Å². The van der Waals surface area contributed by atoms with Gasteiger partial charge in [-0.2, -0.15) is 0 Å². The van der Waals surface area contributed by atoms with Gasteiger partial charge in [0.25, 0.3) is 0 Å². The van der Waals surface area contributed by atoms with Crippen molar-refractivity contribution < 1.29 is 5.11 Å². The first-order valence-electron chi connectivity index (χ1n) is 5.60. The van der Waals surface area contributed by atoms with Crippen molar-refractivity contribution in [1.82, 2.24) is 5.32 Å². The number of thiophene rings is 1. The predicted molar refractivity (Wildman–Crippen MR) is 70.3 cm³/mol. The molecule has 1 aromatic heterocycles. The standard InChI is InChI=1S/C13H17NOS/c1-9(2)14-7-6-10-8-16-12-5-3-4-11(15)13(10)12/h3-5,8-9,14-15H,6-7H2,1-2H3. The highest BCUT2D eigenvalue weighted by molar-refractivity contribution is 7.17. The molecule has 0 spiro atoms. The normalized spacial score (nSPS) is 11.4. The number of rotatable bonds is 4. The summed E-state index contributed by atoms with van der Waals surface area (Å²) < 4.78 is 1.17. The average Bonchev–Trinajstić information content (AvgIpc) is 2.62. The van der Waals surface area contributed by atoms with E-state index < -0.39 is 0 Å². The SMILES string of the molecule is CC(C)NCCc1csc2cccc(O)c12. The smallest absolute Gasteiger partial charge is 0.124 e. The summed E-state index contributed by atoms with van der Waals surface area (Å²) >= 11 is 1.70. The van der Waals surface area contributed by atoms with E-state index in [4.69, 9.17) is 0 Å². The largest absolute Gasteiger partial charge is 0.507 e. The van der Waals surface area contributed by atoms with E-state index in [1.807, 2.05) is 6.07 Å². The van der Waals surface area contributed by atoms with E-state index >= 15 is 0 Å². The lowest BCUT2D eigenvalue weighted by Crippen LogP contribution is -2.24. The van der Waals surface area contributed by atoms with Crippen LogP contribution in [-0.2, 0) is 6.42 Å². The van der Waals surface area contributed by atoms with E-state index in [-0.39, 0.29) is 0 Å². The molecule has 0 aliphatic heterocycles. The summed E-state index contributed by atoms with van der Waals surface area (Å²) in [7, 11) is 0. The number of nitrogens with one attached hydrogen (secondary N) is 1. The van der Waals surface area contributed by atoms with Crippen LogP contribution in [0.4, 0.5) is 0 Å². The van der Waals surface area contributed by atoms with Gasteiger partial charge in [-0.3, -0.25) is 0 Å². The van der Waals surface area contributed by atoms with Crippen molar-refractivity contribution in [2.24, 2.45) is 0 Å². The number of hydrogen-bond acceptors (Lipinski definition) is 3. The zero-order valence-corrected chi connectivity index (χ0v) is 10.5. The van der Waals surface area contributed by atoms with Gasteiger partial charge in [-0.05, 0) is 36.0 Å². The fourth-order valence-electron chi connectivity index (χ4n) is 1.81. The zero-order chi connectivity index (χ0) is 11.5. The molecule has 0 saturated heterocycles. The Balaban J connectivity index is 2.18. The molecule has 0 saturated carbocycles. The van der Waals surface area contributed by atoms with E-state index in [2.05, 4.69) is 30.6 Å². The predicted octanol–water partition coefficient (Wildman–Crippen LogP) is 3.15. The highest BCUT2D eigenvalue weighted by Crippen LogP contribution is 2.32. The maximum Gasteiger partial charge on any atom is 0.124 e. The molecule has 86 valence electrons. The molecule has 2 nitrogen and oxygen atoms in total. The Hall–Kier alpha value is -1.06. The Kier molecular flexibility index (Phi) is 3.46. The van der Waals surface area contributed by atoms with Crippen LogP contribution in [0.3, 0.4) is 0 Å². The van der Waals surface area contributed by atoms with Gasteiger partial charge in [0.1, 0.15) is 5.75 Å². The quantitative estimate of drug-likeness (QED) is 0.853. The molecule has 0 bridgehead atoms. The summed E-state index contributed by atoms with van der Waals surface area (Å²) in [6, 6.07) is 6.22. The fourth-order valence-corrected chi connectivity index (χ4v) is 2.83. The molecule has 2 N–H and O–H groups in total. The molecule has 0 atom stereocenters. The molecule has 2 rings (SSSR count). The van der Waals surface area contributed by atoms with Gasteiger partial charge in [0.2, 0.25) is 0 Å². The minimum Gasteiger partial charge on any atom is -0.507 e. The number of benzene rings is 1. The van der Waals surface area contributed by atoms with Gasteiger partial charge in [0.15, 0.2) is 0 Å². The molecule has 16 heavy (non-hydrogen) atoms. The summed E-state index contributed by atoms with van der Waals surface area (Å²) in [6.45, 7) is 5.24. The third kappa shape index (κ3) is 2.36. The Morgan fingerprint density at radius 1 is 1.38 bits per heavy atom. The van der Waals surface area contributed by atoms with Crippen LogP contribution in [0.2, 0.25) is 0 Å². The van der Waals surface area contributed by atoms with Gasteiger partial charge in [0, 0.05) is 16.1 Å². The van der Waals surface area contributed by atoms with Crippen LogP contribution in [-0.4, -0.2) is 17.7 Å². The lowest BCUT2D eigenvalue weighted by Gasteiger charge is -2.07. The molecule has 1 heterocycles. The lowest BCUT2D eigenvalue weighted by molar-refractivity contribution is 0.481. The van der Waals surface area contributed by atoms with Crippen molar-refractivity contribution in [1.29, 1.82) is 0 Å². The Morgan fingerprint density at radius 2 is 2.19 bits per heavy atom. The van der Waals surface area contributed by atoms with Gasteiger partial charge in [0.05, 0.1) is 0 Å². The molecular formula is C13H17NOS. The number of phenols is 1. The molecule has 3 heteroatoms. The van der Waals surface area contributed by atoms with Crippen LogP contribution in [0.25, 0.3) is 10.1 Å². The molecule has 0 unspecified atom stereocenters. The number of hydrogen-bond donors (Lipinski definition) is 2. The Bertz CT molecular complexity index is 476. The molecule has 0 aliphatic rings. The first kappa shape index (κ1) is 11.4. The number of phenolic OH excluding ortho intramolecular Hbond substituents is 1. The first-order chi connectivity index (χ1) is 7.68. The molecule has 1 aromatic carbocycles. The number of fused-ring (bicyclic) bond motifs is 1. The fraction of sp³-hybridized carbons (Fsp3) is 0.385. The van der Waals surface area contributed by atoms with E-state index in [1.54, 1.807) is 17.4 Å². The zero-order valence-electron chi connectivity index (χ0n) is 9.66. The van der Waals surface area contributed by atoms with Crippen molar-refractivity contribution in [3.63, 3.8) is 0 Å². The molecular weight excluding hydrogens is 218 g/mol. The summed E-state index contributed by atoms with van der Waals surface area (Å²) in [5.74, 6) is 0.401. The van der Waals surface area contributed by atoms with Gasteiger partial charge < -0.3 is 10.4 Å². The van der Waals surface area contributed by atoms with Crippen molar-refractivity contribution in [3.8, 4) is 5.75 Å². The topological polar surface area (TPSA) is 32.3 Å². The van der Waals surface area contributed by atoms with E-state index in [1.165, 1.54) is 10.3 Å². The van der Waals surface area contributed by atoms with Crippen LogP contribution in [0, 0.1) is 0 Å². The summed E-state index contributed by atoms with van der Waals surface area (Å²) in [5, 5.41) is 16.4. The maximum absolute atomic E-state index is 9.84. The highest BCUT2D eigenvalue weighted by Gasteiger charge is 2.07. The molecule has 0 aliphatic carbocycles. The second-order valence-electron chi connectivity index (χ2n) is 4.27. The summed E-state index contributed by atoms with van der Waals surface area (Å²) in [5.41, 5.74) is 1.24. The highest BCUT2D eigenvalue weighted by atomic mass is 32.1. The second kappa shape index (κ2) is 4.85. The Labute approximate surface area is 99.9 Å². The van der Waals surface area contributed by atoms with Crippen molar-refractivity contribution in [2.75, 3.05) is 6.54 Å². The van der Waals surface area contributed by atoms with Crippen molar-refractivity contribution in [2.45, 2.75) is 26.3 Å². The van der Waals surface area contributed by atoms with Crippen LogP contribution < -0.4 is 5.32 Å². The molecule has 0 radical (unpaired) electrons. The average molecular weight is 235 g/mol. The van der Waals surface area contributed by atoms with E-state index in [0.29, 0.717) is 11.8 Å². The lowest BCUT2D eigenvalue weighted by atomic mass is 10.1. The minimum absolute atomic E-state index is 0.401. The van der Waals surface area contributed by atoms with Gasteiger partial charge in [-0.15, -0.1) is 11.3 Å². The molecule has 2 aromatic rings.